The van der Waals surface area contributed by atoms with E-state index in [1.807, 2.05) is 0 Å². The summed E-state index contributed by atoms with van der Waals surface area (Å²) >= 11 is 3.28. The lowest BCUT2D eigenvalue weighted by Gasteiger charge is -2.03. The van der Waals surface area contributed by atoms with Crippen molar-refractivity contribution in [2.24, 2.45) is 0 Å². The number of carboxylic acids is 1. The van der Waals surface area contributed by atoms with Crippen molar-refractivity contribution in [2.75, 3.05) is 5.73 Å². The minimum atomic E-state index is -1.12. The Bertz CT molecular complexity index is 556. The molecular weight excluding hydrogens is 262 g/mol. The zero-order chi connectivity index (χ0) is 11.0. The van der Waals surface area contributed by atoms with E-state index in [1.165, 1.54) is 0 Å². The molecule has 6 heteroatoms. The van der Waals surface area contributed by atoms with Gasteiger partial charge in [0.2, 0.25) is 5.95 Å². The summed E-state index contributed by atoms with van der Waals surface area (Å²) in [5, 5.41) is 9.40. The van der Waals surface area contributed by atoms with Crippen LogP contribution in [0.3, 0.4) is 0 Å². The second kappa shape index (κ2) is 3.47. The number of carbonyl (C=O) groups is 1. The fourth-order valence-electron chi connectivity index (χ4n) is 1.30. The Kier molecular flexibility index (Phi) is 2.28. The normalized spacial score (nSPS) is 10.5. The van der Waals surface area contributed by atoms with Crippen LogP contribution in [0.1, 0.15) is 10.5 Å². The van der Waals surface area contributed by atoms with Gasteiger partial charge in [0.05, 0.1) is 5.52 Å². The van der Waals surface area contributed by atoms with E-state index in [9.17, 15) is 4.79 Å². The largest absolute Gasteiger partial charge is 0.476 e. The molecule has 0 fully saturated rings. The molecule has 0 aliphatic carbocycles. The Morgan fingerprint density at radius 2 is 2.13 bits per heavy atom. The molecule has 0 aliphatic heterocycles. The van der Waals surface area contributed by atoms with Gasteiger partial charge in [0.25, 0.3) is 0 Å². The van der Waals surface area contributed by atoms with Crippen LogP contribution in [0.5, 0.6) is 0 Å². The van der Waals surface area contributed by atoms with Crippen LogP contribution in [0.2, 0.25) is 0 Å². The van der Waals surface area contributed by atoms with Crippen LogP contribution in [0.25, 0.3) is 10.9 Å². The van der Waals surface area contributed by atoms with Gasteiger partial charge in [0.1, 0.15) is 0 Å². The maximum Gasteiger partial charge on any atom is 0.355 e. The van der Waals surface area contributed by atoms with Gasteiger partial charge in [0.15, 0.2) is 5.69 Å². The highest BCUT2D eigenvalue weighted by molar-refractivity contribution is 9.10. The van der Waals surface area contributed by atoms with Crippen LogP contribution < -0.4 is 5.73 Å². The summed E-state index contributed by atoms with van der Waals surface area (Å²) < 4.78 is 0.691. The number of aromatic nitrogens is 2. The first-order valence-electron chi connectivity index (χ1n) is 4.04. The number of nitrogens with zero attached hydrogens (tertiary/aromatic N) is 2. The number of para-hydroxylation sites is 1. The van der Waals surface area contributed by atoms with Crippen LogP contribution in [-0.4, -0.2) is 21.0 Å². The number of anilines is 1. The molecule has 2 rings (SSSR count). The summed E-state index contributed by atoms with van der Waals surface area (Å²) in [6, 6.07) is 5.13. The van der Waals surface area contributed by atoms with Gasteiger partial charge in [-0.3, -0.25) is 0 Å². The molecule has 0 aliphatic rings. The van der Waals surface area contributed by atoms with E-state index >= 15 is 0 Å². The SMILES string of the molecule is Nc1nc(C(=O)O)c2cccc(Br)c2n1. The third-order valence-electron chi connectivity index (χ3n) is 1.90. The molecule has 0 unspecified atom stereocenters. The standard InChI is InChI=1S/C9H6BrN3O2/c10-5-3-1-2-4-6(5)12-9(11)13-7(4)8(14)15/h1-3H,(H,14,15)(H2,11,12,13). The Balaban J connectivity index is 2.92. The van der Waals surface area contributed by atoms with Crippen LogP contribution in [0.15, 0.2) is 22.7 Å². The number of halogens is 1. The van der Waals surface area contributed by atoms with E-state index in [0.29, 0.717) is 15.4 Å². The van der Waals surface area contributed by atoms with E-state index in [1.54, 1.807) is 18.2 Å². The summed E-state index contributed by atoms with van der Waals surface area (Å²) in [5.74, 6) is -1.17. The van der Waals surface area contributed by atoms with Crippen molar-refractivity contribution in [2.45, 2.75) is 0 Å². The lowest BCUT2D eigenvalue weighted by Crippen LogP contribution is -2.06. The molecule has 0 spiro atoms. The van der Waals surface area contributed by atoms with Crippen molar-refractivity contribution in [3.63, 3.8) is 0 Å². The van der Waals surface area contributed by atoms with Gasteiger partial charge < -0.3 is 10.8 Å². The van der Waals surface area contributed by atoms with Crippen LogP contribution in [-0.2, 0) is 0 Å². The molecule has 0 amide bonds. The summed E-state index contributed by atoms with van der Waals surface area (Å²) in [6.45, 7) is 0. The third kappa shape index (κ3) is 1.63. The number of fused-ring (bicyclic) bond motifs is 1. The van der Waals surface area contributed by atoms with E-state index in [0.717, 1.165) is 0 Å². The predicted molar refractivity (Wildman–Crippen MR) is 58.6 cm³/mol. The predicted octanol–water partition coefficient (Wildman–Crippen LogP) is 1.67. The van der Waals surface area contributed by atoms with Gasteiger partial charge in [-0.1, -0.05) is 12.1 Å². The lowest BCUT2D eigenvalue weighted by molar-refractivity contribution is 0.0693. The minimum Gasteiger partial charge on any atom is -0.476 e. The number of nitrogens with two attached hydrogens (primary N) is 1. The molecule has 5 nitrogen and oxygen atoms in total. The molecule has 0 atom stereocenters. The molecule has 0 bridgehead atoms. The number of hydrogen-bond acceptors (Lipinski definition) is 4. The summed E-state index contributed by atoms with van der Waals surface area (Å²) in [7, 11) is 0. The van der Waals surface area contributed by atoms with Crippen molar-refractivity contribution in [3.8, 4) is 0 Å². The second-order valence-electron chi connectivity index (χ2n) is 2.87. The molecule has 0 saturated carbocycles. The monoisotopic (exact) mass is 267 g/mol. The first-order valence-corrected chi connectivity index (χ1v) is 4.84. The summed E-state index contributed by atoms with van der Waals surface area (Å²) in [4.78, 5) is 18.6. The first-order chi connectivity index (χ1) is 7.09. The number of rotatable bonds is 1. The smallest absolute Gasteiger partial charge is 0.355 e. The molecule has 15 heavy (non-hydrogen) atoms. The highest BCUT2D eigenvalue weighted by Crippen LogP contribution is 2.24. The summed E-state index contributed by atoms with van der Waals surface area (Å²) in [5.41, 5.74) is 5.84. The van der Waals surface area contributed by atoms with Crippen molar-refractivity contribution < 1.29 is 9.90 Å². The molecule has 0 saturated heterocycles. The number of benzene rings is 1. The lowest BCUT2D eigenvalue weighted by atomic mass is 10.2. The topological polar surface area (TPSA) is 89.1 Å². The maximum atomic E-state index is 10.9. The third-order valence-corrected chi connectivity index (χ3v) is 2.54. The van der Waals surface area contributed by atoms with Crippen molar-refractivity contribution in [3.05, 3.63) is 28.4 Å². The molecule has 2 aromatic rings. The number of hydrogen-bond donors (Lipinski definition) is 2. The van der Waals surface area contributed by atoms with E-state index in [4.69, 9.17) is 10.8 Å². The molecule has 3 N–H and O–H groups in total. The summed E-state index contributed by atoms with van der Waals surface area (Å²) in [6.07, 6.45) is 0. The highest BCUT2D eigenvalue weighted by Gasteiger charge is 2.13. The Morgan fingerprint density at radius 3 is 2.80 bits per heavy atom. The quantitative estimate of drug-likeness (QED) is 0.821. The zero-order valence-electron chi connectivity index (χ0n) is 7.44. The van der Waals surface area contributed by atoms with Gasteiger partial charge in [0, 0.05) is 9.86 Å². The molecule has 1 aromatic carbocycles. The van der Waals surface area contributed by atoms with Crippen LogP contribution in [0.4, 0.5) is 5.95 Å². The van der Waals surface area contributed by atoms with Gasteiger partial charge in [-0.05, 0) is 22.0 Å². The Morgan fingerprint density at radius 1 is 1.40 bits per heavy atom. The van der Waals surface area contributed by atoms with Crippen LogP contribution in [0, 0.1) is 0 Å². The van der Waals surface area contributed by atoms with Crippen LogP contribution >= 0.6 is 15.9 Å². The molecular formula is C9H6BrN3O2. The average molecular weight is 268 g/mol. The Hall–Kier alpha value is -1.69. The molecule has 0 radical (unpaired) electrons. The molecule has 1 aromatic heterocycles. The fourth-order valence-corrected chi connectivity index (χ4v) is 1.75. The molecule has 1 heterocycles. The van der Waals surface area contributed by atoms with Crippen molar-refractivity contribution in [1.29, 1.82) is 0 Å². The number of carboxylic acid groups (broad SMARTS) is 1. The van der Waals surface area contributed by atoms with Gasteiger partial charge in [-0.15, -0.1) is 0 Å². The first kappa shape index (κ1) is 9.85. The fraction of sp³-hybridized carbons (Fsp3) is 0. The second-order valence-corrected chi connectivity index (χ2v) is 3.73. The Labute approximate surface area is 93.1 Å². The number of aromatic carboxylic acids is 1. The van der Waals surface area contributed by atoms with E-state index in [-0.39, 0.29) is 11.6 Å². The van der Waals surface area contributed by atoms with Gasteiger partial charge in [-0.2, -0.15) is 0 Å². The van der Waals surface area contributed by atoms with Crippen molar-refractivity contribution in [1.82, 2.24) is 9.97 Å². The highest BCUT2D eigenvalue weighted by atomic mass is 79.9. The van der Waals surface area contributed by atoms with E-state index < -0.39 is 5.97 Å². The van der Waals surface area contributed by atoms with Crippen molar-refractivity contribution >= 4 is 38.8 Å². The maximum absolute atomic E-state index is 10.9. The zero-order valence-corrected chi connectivity index (χ0v) is 9.02. The minimum absolute atomic E-state index is 0.0493. The average Bonchev–Trinajstić information content (AvgIpc) is 2.18. The van der Waals surface area contributed by atoms with Gasteiger partial charge >= 0.3 is 5.97 Å². The van der Waals surface area contributed by atoms with E-state index in [2.05, 4.69) is 25.9 Å². The van der Waals surface area contributed by atoms with Gasteiger partial charge in [-0.25, -0.2) is 14.8 Å². The number of nitrogen functional groups attached to an aromatic ring is 1. The molecule has 76 valence electrons.